The van der Waals surface area contributed by atoms with Crippen LogP contribution in [0.3, 0.4) is 0 Å². The third-order valence-corrected chi connectivity index (χ3v) is 1.54. The fourth-order valence-corrected chi connectivity index (χ4v) is 0.988. The first-order chi connectivity index (χ1) is 5.74. The first kappa shape index (κ1) is 8.69. The van der Waals surface area contributed by atoms with Crippen molar-refractivity contribution in [2.24, 2.45) is 0 Å². The number of benzene rings is 1. The van der Waals surface area contributed by atoms with Crippen molar-refractivity contribution in [1.82, 2.24) is 0 Å². The van der Waals surface area contributed by atoms with Crippen molar-refractivity contribution in [3.05, 3.63) is 23.2 Å². The minimum atomic E-state index is -0.0103. The fraction of sp³-hybridized carbons (Fsp3) is 0.125. The molecular weight excluding hydrogens is 176 g/mol. The molecular formula is C8H7ClN2O. The van der Waals surface area contributed by atoms with E-state index in [0.717, 1.165) is 0 Å². The van der Waals surface area contributed by atoms with Crippen LogP contribution in [0.15, 0.2) is 18.2 Å². The van der Waals surface area contributed by atoms with Gasteiger partial charge in [0, 0.05) is 5.69 Å². The van der Waals surface area contributed by atoms with Crippen molar-refractivity contribution in [1.29, 1.82) is 5.26 Å². The molecule has 0 atom stereocenters. The normalized spacial score (nSPS) is 9.00. The van der Waals surface area contributed by atoms with Gasteiger partial charge in [-0.15, -0.1) is 0 Å². The summed E-state index contributed by atoms with van der Waals surface area (Å²) in [5.74, 6) is 0.479. The van der Waals surface area contributed by atoms with Gasteiger partial charge in [0.2, 0.25) is 0 Å². The summed E-state index contributed by atoms with van der Waals surface area (Å²) in [5.41, 5.74) is 6.02. The minimum absolute atomic E-state index is 0.0103. The largest absolute Gasteiger partial charge is 0.477 e. The highest BCUT2D eigenvalue weighted by atomic mass is 35.5. The Morgan fingerprint density at radius 2 is 2.33 bits per heavy atom. The summed E-state index contributed by atoms with van der Waals surface area (Å²) in [6.07, 6.45) is 0. The molecule has 1 rings (SSSR count). The SMILES string of the molecule is N#CCOc1ccc(N)cc1Cl. The van der Waals surface area contributed by atoms with Crippen LogP contribution in [0.25, 0.3) is 0 Å². The van der Waals surface area contributed by atoms with Crippen molar-refractivity contribution in [2.75, 3.05) is 12.3 Å². The number of nitriles is 1. The van der Waals surface area contributed by atoms with E-state index in [0.29, 0.717) is 16.5 Å². The Morgan fingerprint density at radius 3 is 2.92 bits per heavy atom. The zero-order chi connectivity index (χ0) is 8.97. The number of ether oxygens (including phenoxy) is 1. The summed E-state index contributed by atoms with van der Waals surface area (Å²) in [6.45, 7) is -0.0103. The van der Waals surface area contributed by atoms with E-state index in [-0.39, 0.29) is 6.61 Å². The molecule has 0 heterocycles. The maximum absolute atomic E-state index is 8.23. The molecule has 1 aromatic carbocycles. The van der Waals surface area contributed by atoms with Gasteiger partial charge in [-0.2, -0.15) is 5.26 Å². The van der Waals surface area contributed by atoms with Crippen LogP contribution in [-0.2, 0) is 0 Å². The third kappa shape index (κ3) is 2.04. The van der Waals surface area contributed by atoms with Gasteiger partial charge in [0.15, 0.2) is 6.61 Å². The topological polar surface area (TPSA) is 59.0 Å². The molecule has 0 amide bonds. The zero-order valence-corrected chi connectivity index (χ0v) is 7.01. The minimum Gasteiger partial charge on any atom is -0.477 e. The third-order valence-electron chi connectivity index (χ3n) is 1.25. The first-order valence-corrected chi connectivity index (χ1v) is 3.66. The van der Waals surface area contributed by atoms with Gasteiger partial charge < -0.3 is 10.5 Å². The number of rotatable bonds is 2. The van der Waals surface area contributed by atoms with Crippen LogP contribution in [0, 0.1) is 11.3 Å². The Morgan fingerprint density at radius 1 is 1.58 bits per heavy atom. The molecule has 0 radical (unpaired) electrons. The number of anilines is 1. The molecule has 12 heavy (non-hydrogen) atoms. The number of hydrogen-bond acceptors (Lipinski definition) is 3. The van der Waals surface area contributed by atoms with Crippen LogP contribution >= 0.6 is 11.6 Å². The fourth-order valence-electron chi connectivity index (χ4n) is 0.744. The Hall–Kier alpha value is -1.40. The number of nitrogen functional groups attached to an aromatic ring is 1. The first-order valence-electron chi connectivity index (χ1n) is 3.29. The summed E-state index contributed by atoms with van der Waals surface area (Å²) in [6, 6.07) is 6.72. The highest BCUT2D eigenvalue weighted by Crippen LogP contribution is 2.25. The van der Waals surface area contributed by atoms with Crippen molar-refractivity contribution in [3.8, 4) is 11.8 Å². The van der Waals surface area contributed by atoms with Crippen LogP contribution in [-0.4, -0.2) is 6.61 Å². The van der Waals surface area contributed by atoms with Gasteiger partial charge in [-0.25, -0.2) is 0 Å². The second-order valence-electron chi connectivity index (χ2n) is 2.14. The molecule has 62 valence electrons. The number of halogens is 1. The van der Waals surface area contributed by atoms with Gasteiger partial charge in [0.05, 0.1) is 5.02 Å². The molecule has 3 nitrogen and oxygen atoms in total. The number of nitrogens with two attached hydrogens (primary N) is 1. The molecule has 1 aromatic rings. The van der Waals surface area contributed by atoms with Gasteiger partial charge >= 0.3 is 0 Å². The maximum Gasteiger partial charge on any atom is 0.174 e. The molecule has 0 aromatic heterocycles. The Balaban J connectivity index is 2.81. The Bertz CT molecular complexity index is 319. The summed E-state index contributed by atoms with van der Waals surface area (Å²) in [7, 11) is 0. The molecule has 0 aliphatic heterocycles. The predicted octanol–water partition coefficient (Wildman–Crippen LogP) is 1.82. The molecule has 0 bridgehead atoms. The molecule has 0 fully saturated rings. The van der Waals surface area contributed by atoms with Crippen LogP contribution in [0.2, 0.25) is 5.02 Å². The maximum atomic E-state index is 8.23. The highest BCUT2D eigenvalue weighted by molar-refractivity contribution is 6.32. The second-order valence-corrected chi connectivity index (χ2v) is 2.54. The van der Waals surface area contributed by atoms with Crippen molar-refractivity contribution >= 4 is 17.3 Å². The monoisotopic (exact) mass is 182 g/mol. The van der Waals surface area contributed by atoms with E-state index in [1.54, 1.807) is 18.2 Å². The van der Waals surface area contributed by atoms with Crippen LogP contribution in [0.4, 0.5) is 5.69 Å². The van der Waals surface area contributed by atoms with Crippen LogP contribution in [0.1, 0.15) is 0 Å². The molecule has 0 aliphatic carbocycles. The lowest BCUT2D eigenvalue weighted by molar-refractivity contribution is 0.368. The Kier molecular flexibility index (Phi) is 2.78. The van der Waals surface area contributed by atoms with Gasteiger partial charge in [-0.1, -0.05) is 11.6 Å². The quantitative estimate of drug-likeness (QED) is 0.710. The van der Waals surface area contributed by atoms with Gasteiger partial charge in [0.25, 0.3) is 0 Å². The van der Waals surface area contributed by atoms with E-state index in [9.17, 15) is 0 Å². The summed E-state index contributed by atoms with van der Waals surface area (Å²) < 4.78 is 4.99. The molecule has 0 unspecified atom stereocenters. The van der Waals surface area contributed by atoms with E-state index < -0.39 is 0 Å². The van der Waals surface area contributed by atoms with Crippen molar-refractivity contribution < 1.29 is 4.74 Å². The lowest BCUT2D eigenvalue weighted by Gasteiger charge is -2.03. The molecule has 0 saturated heterocycles. The molecule has 0 aliphatic rings. The van der Waals surface area contributed by atoms with Crippen LogP contribution < -0.4 is 10.5 Å². The van der Waals surface area contributed by atoms with E-state index in [1.807, 2.05) is 6.07 Å². The molecule has 2 N–H and O–H groups in total. The average Bonchev–Trinajstić information content (AvgIpc) is 2.03. The lowest BCUT2D eigenvalue weighted by atomic mass is 10.3. The summed E-state index contributed by atoms with van der Waals surface area (Å²) in [4.78, 5) is 0. The number of nitrogens with zero attached hydrogens (tertiary/aromatic N) is 1. The van der Waals surface area contributed by atoms with E-state index in [1.165, 1.54) is 0 Å². The summed E-state index contributed by atoms with van der Waals surface area (Å²) in [5, 5.41) is 8.65. The number of hydrogen-bond donors (Lipinski definition) is 1. The van der Waals surface area contributed by atoms with E-state index >= 15 is 0 Å². The van der Waals surface area contributed by atoms with Gasteiger partial charge in [0.1, 0.15) is 11.8 Å². The molecule has 0 spiro atoms. The van der Waals surface area contributed by atoms with E-state index in [2.05, 4.69) is 0 Å². The predicted molar refractivity (Wildman–Crippen MR) is 47.0 cm³/mol. The van der Waals surface area contributed by atoms with Crippen molar-refractivity contribution in [3.63, 3.8) is 0 Å². The lowest BCUT2D eigenvalue weighted by Crippen LogP contribution is -1.94. The van der Waals surface area contributed by atoms with Crippen LogP contribution in [0.5, 0.6) is 5.75 Å². The zero-order valence-electron chi connectivity index (χ0n) is 6.25. The van der Waals surface area contributed by atoms with Gasteiger partial charge in [-0.05, 0) is 18.2 Å². The summed E-state index contributed by atoms with van der Waals surface area (Å²) >= 11 is 5.75. The second kappa shape index (κ2) is 3.84. The van der Waals surface area contributed by atoms with Gasteiger partial charge in [-0.3, -0.25) is 0 Å². The smallest absolute Gasteiger partial charge is 0.174 e. The standard InChI is InChI=1S/C8H7ClN2O/c9-7-5-6(11)1-2-8(7)12-4-3-10/h1-2,5H,4,11H2. The van der Waals surface area contributed by atoms with E-state index in [4.69, 9.17) is 27.3 Å². The highest BCUT2D eigenvalue weighted by Gasteiger charge is 2.00. The molecule has 0 saturated carbocycles. The Labute approximate surface area is 75.3 Å². The van der Waals surface area contributed by atoms with Crippen molar-refractivity contribution in [2.45, 2.75) is 0 Å². The average molecular weight is 183 g/mol. The molecule has 4 heteroatoms.